The van der Waals surface area contributed by atoms with E-state index in [9.17, 15) is 0 Å². The second-order valence-corrected chi connectivity index (χ2v) is 3.93. The molecule has 0 aromatic heterocycles. The third-order valence-corrected chi connectivity index (χ3v) is 1.50. The fraction of sp³-hybridized carbons (Fsp3) is 0.400. The van der Waals surface area contributed by atoms with E-state index in [4.69, 9.17) is 0 Å². The van der Waals surface area contributed by atoms with E-state index in [0.717, 1.165) is 11.0 Å². The van der Waals surface area contributed by atoms with E-state index < -0.39 is 0 Å². The molecule has 0 saturated carbocycles. The van der Waals surface area contributed by atoms with Gasteiger partial charge in [-0.25, -0.2) is 0 Å². The van der Waals surface area contributed by atoms with Crippen molar-refractivity contribution < 1.29 is 4.48 Å². The van der Waals surface area contributed by atoms with Crippen LogP contribution in [0.2, 0.25) is 0 Å². The summed E-state index contributed by atoms with van der Waals surface area (Å²) in [7, 11) is 6.60. The summed E-state index contributed by atoms with van der Waals surface area (Å²) >= 11 is 0. The van der Waals surface area contributed by atoms with E-state index in [1.807, 2.05) is 0 Å². The normalized spacial score (nSPS) is 9.77. The van der Waals surface area contributed by atoms with Crippen LogP contribution in [0.4, 0.5) is 0 Å². The molecule has 0 bridgehead atoms. The predicted octanol–water partition coefficient (Wildman–Crippen LogP) is 2.67. The minimum atomic E-state index is 0. The van der Waals surface area contributed by atoms with Gasteiger partial charge in [-0.2, -0.15) is 0 Å². The lowest BCUT2D eigenvalue weighted by molar-refractivity contribution is -0.884. The maximum Gasteiger partial charge on any atom is 0.104 e. The van der Waals surface area contributed by atoms with Crippen molar-refractivity contribution in [3.05, 3.63) is 35.9 Å². The lowest BCUT2D eigenvalue weighted by atomic mass is 10.2. The number of nitrogens with zero attached hydrogens (tertiary/aromatic N) is 1. The average molecular weight is 295 g/mol. The molecule has 0 amide bonds. The van der Waals surface area contributed by atoms with Crippen LogP contribution in [-0.4, -0.2) is 25.6 Å². The summed E-state index contributed by atoms with van der Waals surface area (Å²) in [5.41, 5.74) is 1.40. The van der Waals surface area contributed by atoms with Gasteiger partial charge in [0.2, 0.25) is 0 Å². The van der Waals surface area contributed by atoms with Crippen LogP contribution in [0.5, 0.6) is 0 Å². The number of quaternary nitrogens is 1. The highest BCUT2D eigenvalue weighted by atomic mass is 127. The van der Waals surface area contributed by atoms with Crippen molar-refractivity contribution in [2.24, 2.45) is 0 Å². The molecule has 76 valence electrons. The van der Waals surface area contributed by atoms with Gasteiger partial charge in [-0.1, -0.05) is 30.3 Å². The lowest BCUT2D eigenvalue weighted by Gasteiger charge is -2.23. The zero-order valence-corrected chi connectivity index (χ0v) is 11.0. The van der Waals surface area contributed by atoms with Gasteiger partial charge in [0.25, 0.3) is 0 Å². The van der Waals surface area contributed by atoms with Gasteiger partial charge in [-0.3, -0.25) is 0 Å². The van der Waals surface area contributed by atoms with E-state index in [1.54, 1.807) is 0 Å². The van der Waals surface area contributed by atoms with E-state index >= 15 is 0 Å². The van der Waals surface area contributed by atoms with E-state index in [2.05, 4.69) is 51.5 Å². The summed E-state index contributed by atoms with van der Waals surface area (Å²) in [6, 6.07) is 10.6. The molecule has 0 saturated heterocycles. The number of halogens is 1. The van der Waals surface area contributed by atoms with Crippen LogP contribution in [-0.2, 0) is 6.54 Å². The molecular formula is C10H20IN2+. The molecule has 0 atom stereocenters. The molecule has 2 nitrogen and oxygen atoms in total. The Morgan fingerprint density at radius 3 is 1.85 bits per heavy atom. The van der Waals surface area contributed by atoms with Gasteiger partial charge in [-0.15, -0.1) is 24.0 Å². The molecule has 3 heteroatoms. The SMILES string of the molecule is C[N+](C)(C)Cc1ccccc1.I.N. The van der Waals surface area contributed by atoms with Crippen LogP contribution in [0.1, 0.15) is 5.56 Å². The summed E-state index contributed by atoms with van der Waals surface area (Å²) in [5.74, 6) is 0. The van der Waals surface area contributed by atoms with Crippen LogP contribution in [0, 0.1) is 0 Å². The van der Waals surface area contributed by atoms with Crippen molar-refractivity contribution in [1.82, 2.24) is 6.15 Å². The Bertz CT molecular complexity index is 216. The molecule has 1 rings (SSSR count). The zero-order chi connectivity index (χ0) is 8.32. The standard InChI is InChI=1S/C10H16N.HI.H3N/c1-11(2,3)9-10-7-5-4-6-8-10;;/h4-8H,9H2,1-3H3;1H;1H3/q+1;;. The topological polar surface area (TPSA) is 35.0 Å². The Kier molecular flexibility index (Phi) is 7.49. The molecule has 1 aromatic carbocycles. The molecular weight excluding hydrogens is 275 g/mol. The molecule has 0 aliphatic heterocycles. The number of hydrogen-bond donors (Lipinski definition) is 1. The highest BCUT2D eigenvalue weighted by Gasteiger charge is 2.06. The number of rotatable bonds is 2. The van der Waals surface area contributed by atoms with E-state index in [0.29, 0.717) is 0 Å². The van der Waals surface area contributed by atoms with Gasteiger partial charge in [0, 0.05) is 5.56 Å². The molecule has 13 heavy (non-hydrogen) atoms. The Morgan fingerprint density at radius 2 is 1.46 bits per heavy atom. The molecule has 0 unspecified atom stereocenters. The van der Waals surface area contributed by atoms with Gasteiger partial charge in [0.15, 0.2) is 0 Å². The van der Waals surface area contributed by atoms with Crippen molar-refractivity contribution in [3.63, 3.8) is 0 Å². The second-order valence-electron chi connectivity index (χ2n) is 3.93. The predicted molar refractivity (Wildman–Crippen MR) is 68.6 cm³/mol. The van der Waals surface area contributed by atoms with Crippen molar-refractivity contribution in [2.75, 3.05) is 21.1 Å². The minimum Gasteiger partial charge on any atom is -0.344 e. The first-order valence-corrected chi connectivity index (χ1v) is 3.92. The maximum atomic E-state index is 2.20. The Morgan fingerprint density at radius 1 is 1.00 bits per heavy atom. The first-order chi connectivity index (χ1) is 5.08. The molecule has 0 aliphatic rings. The largest absolute Gasteiger partial charge is 0.344 e. The molecule has 0 spiro atoms. The minimum absolute atomic E-state index is 0. The smallest absolute Gasteiger partial charge is 0.104 e. The van der Waals surface area contributed by atoms with Crippen molar-refractivity contribution in [3.8, 4) is 0 Å². The monoisotopic (exact) mass is 295 g/mol. The van der Waals surface area contributed by atoms with Gasteiger partial charge >= 0.3 is 0 Å². The summed E-state index contributed by atoms with van der Waals surface area (Å²) in [4.78, 5) is 0. The van der Waals surface area contributed by atoms with Crippen LogP contribution in [0.15, 0.2) is 30.3 Å². The van der Waals surface area contributed by atoms with Crippen LogP contribution < -0.4 is 6.15 Å². The van der Waals surface area contributed by atoms with Gasteiger partial charge in [-0.05, 0) is 0 Å². The molecule has 0 heterocycles. The van der Waals surface area contributed by atoms with Crippen LogP contribution >= 0.6 is 24.0 Å². The molecule has 0 aliphatic carbocycles. The summed E-state index contributed by atoms with van der Waals surface area (Å²) in [6.45, 7) is 1.10. The summed E-state index contributed by atoms with van der Waals surface area (Å²) in [5, 5.41) is 0. The number of hydrogen-bond acceptors (Lipinski definition) is 1. The molecule has 3 N–H and O–H groups in total. The fourth-order valence-electron chi connectivity index (χ4n) is 1.13. The van der Waals surface area contributed by atoms with Crippen molar-refractivity contribution >= 4 is 24.0 Å². The third kappa shape index (κ3) is 6.98. The van der Waals surface area contributed by atoms with Crippen molar-refractivity contribution in [2.45, 2.75) is 6.54 Å². The Labute approximate surface area is 98.1 Å². The third-order valence-electron chi connectivity index (χ3n) is 1.50. The quantitative estimate of drug-likeness (QED) is 0.661. The Hall–Kier alpha value is -0.130. The highest BCUT2D eigenvalue weighted by molar-refractivity contribution is 14.0. The summed E-state index contributed by atoms with van der Waals surface area (Å²) in [6.07, 6.45) is 0. The van der Waals surface area contributed by atoms with Gasteiger partial charge in [0.1, 0.15) is 6.54 Å². The molecule has 1 aromatic rings. The van der Waals surface area contributed by atoms with Crippen LogP contribution in [0.25, 0.3) is 0 Å². The fourth-order valence-corrected chi connectivity index (χ4v) is 1.13. The first kappa shape index (κ1) is 15.3. The van der Waals surface area contributed by atoms with E-state index in [-0.39, 0.29) is 30.1 Å². The Balaban J connectivity index is 0. The van der Waals surface area contributed by atoms with Crippen LogP contribution in [0.3, 0.4) is 0 Å². The van der Waals surface area contributed by atoms with Gasteiger partial charge in [0.05, 0.1) is 21.1 Å². The maximum absolute atomic E-state index is 2.20. The lowest BCUT2D eigenvalue weighted by Crippen LogP contribution is -2.33. The summed E-state index contributed by atoms with van der Waals surface area (Å²) < 4.78 is 0.990. The zero-order valence-electron chi connectivity index (χ0n) is 8.66. The highest BCUT2D eigenvalue weighted by Crippen LogP contribution is 2.04. The number of benzene rings is 1. The van der Waals surface area contributed by atoms with E-state index in [1.165, 1.54) is 5.56 Å². The van der Waals surface area contributed by atoms with Crippen molar-refractivity contribution in [1.29, 1.82) is 0 Å². The average Bonchev–Trinajstić information content (AvgIpc) is 1.85. The second kappa shape index (κ2) is 6.34. The molecule has 0 radical (unpaired) electrons. The first-order valence-electron chi connectivity index (χ1n) is 3.92. The molecule has 0 fully saturated rings. The van der Waals surface area contributed by atoms with Gasteiger partial charge < -0.3 is 10.6 Å².